The molecule has 0 amide bonds. The van der Waals surface area contributed by atoms with Gasteiger partial charge in [-0.3, -0.25) is 4.99 Å². The summed E-state index contributed by atoms with van der Waals surface area (Å²) in [5.74, 6) is 0. The molecule has 0 aliphatic carbocycles. The number of hydrogen-bond donors (Lipinski definition) is 1. The van der Waals surface area contributed by atoms with Crippen LogP contribution >= 0.6 is 34.7 Å². The van der Waals surface area contributed by atoms with E-state index in [2.05, 4.69) is 37.1 Å². The minimum atomic E-state index is 0.379. The maximum absolute atomic E-state index is 5.91. The lowest BCUT2D eigenvalue weighted by molar-refractivity contribution is 0.375. The summed E-state index contributed by atoms with van der Waals surface area (Å²) < 4.78 is 0.846. The van der Waals surface area contributed by atoms with Crippen molar-refractivity contribution in [2.75, 3.05) is 6.54 Å². The van der Waals surface area contributed by atoms with Crippen LogP contribution < -0.4 is 5.32 Å². The van der Waals surface area contributed by atoms with E-state index in [1.54, 1.807) is 11.3 Å². The number of amidine groups is 1. The van der Waals surface area contributed by atoms with E-state index in [9.17, 15) is 0 Å². The van der Waals surface area contributed by atoms with Gasteiger partial charge in [-0.1, -0.05) is 44.1 Å². The monoisotopic (exact) mass is 302 g/mol. The van der Waals surface area contributed by atoms with Crippen LogP contribution in [0.5, 0.6) is 0 Å². The van der Waals surface area contributed by atoms with Gasteiger partial charge in [-0.25, -0.2) is 0 Å². The molecule has 1 aromatic rings. The average Bonchev–Trinajstić information content (AvgIpc) is 2.82. The van der Waals surface area contributed by atoms with E-state index in [0.29, 0.717) is 10.7 Å². The van der Waals surface area contributed by atoms with E-state index in [-0.39, 0.29) is 0 Å². The van der Waals surface area contributed by atoms with E-state index in [1.807, 2.05) is 17.8 Å². The first-order chi connectivity index (χ1) is 8.42. The maximum Gasteiger partial charge on any atom is 0.157 e. The van der Waals surface area contributed by atoms with Crippen molar-refractivity contribution in [3.05, 3.63) is 21.3 Å². The molecule has 0 bridgehead atoms. The van der Waals surface area contributed by atoms with Crippen LogP contribution in [0.1, 0.15) is 32.1 Å². The van der Waals surface area contributed by atoms with Gasteiger partial charge < -0.3 is 5.32 Å². The zero-order valence-corrected chi connectivity index (χ0v) is 13.4. The molecule has 1 N–H and O–H groups in total. The minimum absolute atomic E-state index is 0.379. The molecular weight excluding hydrogens is 284 g/mol. The fourth-order valence-corrected chi connectivity index (χ4v) is 4.29. The van der Waals surface area contributed by atoms with Gasteiger partial charge in [-0.2, -0.15) is 0 Å². The Balaban J connectivity index is 1.76. The third-order valence-corrected chi connectivity index (χ3v) is 4.98. The summed E-state index contributed by atoms with van der Waals surface area (Å²) in [5.41, 5.74) is 0.379. The fraction of sp³-hybridized carbons (Fsp3) is 0.615. The number of halogens is 1. The van der Waals surface area contributed by atoms with Crippen LogP contribution in [0.25, 0.3) is 0 Å². The molecule has 2 nitrogen and oxygen atoms in total. The summed E-state index contributed by atoms with van der Waals surface area (Å²) in [5, 5.41) is 5.09. The summed E-state index contributed by atoms with van der Waals surface area (Å²) in [7, 11) is 0. The molecule has 1 aromatic heterocycles. The Labute approximate surface area is 122 Å². The van der Waals surface area contributed by atoms with Gasteiger partial charge in [0.25, 0.3) is 0 Å². The van der Waals surface area contributed by atoms with Gasteiger partial charge in [-0.15, -0.1) is 11.3 Å². The van der Waals surface area contributed by atoms with Crippen LogP contribution in [0.15, 0.2) is 17.1 Å². The highest BCUT2D eigenvalue weighted by molar-refractivity contribution is 8.14. The average molecular weight is 303 g/mol. The number of hydrogen-bond acceptors (Lipinski definition) is 4. The number of thiophene rings is 1. The second-order valence-electron chi connectivity index (χ2n) is 5.71. The van der Waals surface area contributed by atoms with E-state index < -0.39 is 0 Å². The number of rotatable bonds is 3. The highest BCUT2D eigenvalue weighted by atomic mass is 35.5. The minimum Gasteiger partial charge on any atom is -0.360 e. The Bertz CT molecular complexity index is 434. The molecule has 2 rings (SSSR count). The first-order valence-electron chi connectivity index (χ1n) is 6.11. The van der Waals surface area contributed by atoms with Crippen LogP contribution in [-0.4, -0.2) is 17.0 Å². The summed E-state index contributed by atoms with van der Waals surface area (Å²) in [4.78, 5) is 5.82. The predicted molar refractivity (Wildman–Crippen MR) is 83.9 cm³/mol. The molecule has 1 aliphatic rings. The van der Waals surface area contributed by atoms with E-state index in [0.717, 1.165) is 22.6 Å². The summed E-state index contributed by atoms with van der Waals surface area (Å²) in [6.45, 7) is 8.62. The molecule has 1 atom stereocenters. The van der Waals surface area contributed by atoms with Crippen molar-refractivity contribution in [1.82, 2.24) is 5.32 Å². The molecule has 0 aromatic carbocycles. The van der Waals surface area contributed by atoms with Crippen molar-refractivity contribution in [3.8, 4) is 0 Å². The number of thioether (sulfide) groups is 1. The van der Waals surface area contributed by atoms with Gasteiger partial charge in [0, 0.05) is 10.1 Å². The molecule has 2 heterocycles. The van der Waals surface area contributed by atoms with Crippen molar-refractivity contribution in [2.45, 2.75) is 39.0 Å². The van der Waals surface area contributed by atoms with Gasteiger partial charge >= 0.3 is 0 Å². The van der Waals surface area contributed by atoms with Gasteiger partial charge in [0.15, 0.2) is 5.17 Å². The lowest BCUT2D eigenvalue weighted by Gasteiger charge is -2.21. The predicted octanol–water partition coefficient (Wildman–Crippen LogP) is 4.40. The van der Waals surface area contributed by atoms with E-state index >= 15 is 0 Å². The van der Waals surface area contributed by atoms with Crippen LogP contribution in [0.4, 0.5) is 0 Å². The Morgan fingerprint density at radius 1 is 1.44 bits per heavy atom. The first kappa shape index (κ1) is 14.2. The first-order valence-corrected chi connectivity index (χ1v) is 8.19. The van der Waals surface area contributed by atoms with Gasteiger partial charge in [-0.05, 0) is 24.0 Å². The summed E-state index contributed by atoms with van der Waals surface area (Å²) >= 11 is 9.40. The second-order valence-corrected chi connectivity index (χ2v) is 8.80. The normalized spacial score (nSPS) is 20.0. The summed E-state index contributed by atoms with van der Waals surface area (Å²) in [6.07, 6.45) is 1.21. The van der Waals surface area contributed by atoms with E-state index in [4.69, 9.17) is 11.6 Å². The zero-order chi connectivity index (χ0) is 13.2. The third-order valence-electron chi connectivity index (χ3n) is 2.60. The zero-order valence-electron chi connectivity index (χ0n) is 11.0. The Kier molecular flexibility index (Phi) is 4.62. The molecule has 0 fully saturated rings. The SMILES string of the molecule is CC(C)(C)CC1CN=C(NCc2ccc(Cl)s2)S1. The number of nitrogens with zero attached hydrogens (tertiary/aromatic N) is 1. The lowest BCUT2D eigenvalue weighted by atomic mass is 9.90. The van der Waals surface area contributed by atoms with Crippen LogP contribution in [0, 0.1) is 5.41 Å². The highest BCUT2D eigenvalue weighted by Gasteiger charge is 2.24. The molecular formula is C13H19ClN2S2. The molecule has 0 radical (unpaired) electrons. The quantitative estimate of drug-likeness (QED) is 0.895. The standard InChI is InChI=1S/C13H19ClN2S2/c1-13(2,3)6-10-8-16-12(18-10)15-7-9-4-5-11(14)17-9/h4-5,10H,6-8H2,1-3H3,(H,15,16). The van der Waals surface area contributed by atoms with Crippen LogP contribution in [-0.2, 0) is 6.54 Å². The molecule has 18 heavy (non-hydrogen) atoms. The Morgan fingerprint density at radius 3 is 2.83 bits per heavy atom. The van der Waals surface area contributed by atoms with Crippen LogP contribution in [0.3, 0.4) is 0 Å². The van der Waals surface area contributed by atoms with Crippen molar-refractivity contribution in [2.24, 2.45) is 10.4 Å². The molecule has 0 saturated carbocycles. The van der Waals surface area contributed by atoms with Gasteiger partial charge in [0.2, 0.25) is 0 Å². The van der Waals surface area contributed by atoms with Gasteiger partial charge in [0.05, 0.1) is 17.4 Å². The Hall–Kier alpha value is -0.190. The second kappa shape index (κ2) is 5.85. The third kappa shape index (κ3) is 4.48. The molecule has 100 valence electrons. The smallest absolute Gasteiger partial charge is 0.157 e. The van der Waals surface area contributed by atoms with Crippen molar-refractivity contribution >= 4 is 39.9 Å². The van der Waals surface area contributed by atoms with Gasteiger partial charge in [0.1, 0.15) is 0 Å². The fourth-order valence-electron chi connectivity index (χ4n) is 1.91. The largest absolute Gasteiger partial charge is 0.360 e. The molecule has 1 aliphatic heterocycles. The maximum atomic E-state index is 5.91. The number of nitrogens with one attached hydrogen (secondary N) is 1. The van der Waals surface area contributed by atoms with Crippen molar-refractivity contribution in [1.29, 1.82) is 0 Å². The molecule has 1 unspecified atom stereocenters. The highest BCUT2D eigenvalue weighted by Crippen LogP contribution is 2.31. The molecule has 5 heteroatoms. The number of aliphatic imine (C=N–C) groups is 1. The topological polar surface area (TPSA) is 24.4 Å². The molecule has 0 saturated heterocycles. The van der Waals surface area contributed by atoms with E-state index in [1.165, 1.54) is 11.3 Å². The lowest BCUT2D eigenvalue weighted by Crippen LogP contribution is -2.20. The Morgan fingerprint density at radius 2 is 2.22 bits per heavy atom. The van der Waals surface area contributed by atoms with Crippen molar-refractivity contribution < 1.29 is 0 Å². The summed E-state index contributed by atoms with van der Waals surface area (Å²) in [6, 6.07) is 4.00. The molecule has 0 spiro atoms. The van der Waals surface area contributed by atoms with Crippen molar-refractivity contribution in [3.63, 3.8) is 0 Å². The van der Waals surface area contributed by atoms with Crippen LogP contribution in [0.2, 0.25) is 4.34 Å².